The van der Waals surface area contributed by atoms with Gasteiger partial charge in [0.2, 0.25) is 5.91 Å². The second kappa shape index (κ2) is 8.34. The van der Waals surface area contributed by atoms with Gasteiger partial charge in [-0.3, -0.25) is 4.79 Å². The van der Waals surface area contributed by atoms with Crippen LogP contribution in [0.15, 0.2) is 61.2 Å². The molecule has 0 atom stereocenters. The quantitative estimate of drug-likeness (QED) is 0.631. The fraction of sp³-hybridized carbons (Fsp3) is 0.238. The van der Waals surface area contributed by atoms with E-state index in [0.717, 1.165) is 28.2 Å². The van der Waals surface area contributed by atoms with Crippen molar-refractivity contribution >= 4 is 16.9 Å². The lowest BCUT2D eigenvalue weighted by molar-refractivity contribution is -0.131. The van der Waals surface area contributed by atoms with Crippen molar-refractivity contribution in [1.82, 2.24) is 14.9 Å². The minimum atomic E-state index is 0.0660. The second-order valence-corrected chi connectivity index (χ2v) is 6.08. The van der Waals surface area contributed by atoms with Crippen LogP contribution < -0.4 is 4.74 Å². The molecule has 2 aromatic carbocycles. The van der Waals surface area contributed by atoms with Gasteiger partial charge < -0.3 is 14.6 Å². The van der Waals surface area contributed by atoms with Gasteiger partial charge >= 0.3 is 0 Å². The average Bonchev–Trinajstić information content (AvgIpc) is 3.09. The number of ether oxygens (including phenoxy) is 1. The summed E-state index contributed by atoms with van der Waals surface area (Å²) in [4.78, 5) is 22.3. The van der Waals surface area contributed by atoms with Gasteiger partial charge in [-0.15, -0.1) is 6.58 Å². The number of hydrogen-bond donors (Lipinski definition) is 1. The first kappa shape index (κ1) is 17.7. The molecule has 0 bridgehead atoms. The molecule has 134 valence electrons. The Morgan fingerprint density at radius 3 is 2.77 bits per heavy atom. The number of aryl methyl sites for hydroxylation is 1. The zero-order chi connectivity index (χ0) is 18.4. The molecule has 5 nitrogen and oxygen atoms in total. The monoisotopic (exact) mass is 349 g/mol. The molecule has 0 fully saturated rings. The number of aromatic nitrogens is 2. The maximum absolute atomic E-state index is 12.7. The number of imidazole rings is 1. The zero-order valence-electron chi connectivity index (χ0n) is 14.9. The van der Waals surface area contributed by atoms with Gasteiger partial charge in [0.25, 0.3) is 0 Å². The van der Waals surface area contributed by atoms with Gasteiger partial charge in [-0.1, -0.05) is 36.4 Å². The normalized spacial score (nSPS) is 10.7. The predicted molar refractivity (Wildman–Crippen MR) is 103 cm³/mol. The van der Waals surface area contributed by atoms with Crippen LogP contribution in [0.2, 0.25) is 0 Å². The molecule has 0 spiro atoms. The van der Waals surface area contributed by atoms with Crippen LogP contribution in [-0.2, 0) is 17.8 Å². The summed E-state index contributed by atoms with van der Waals surface area (Å²) in [5.41, 5.74) is 2.90. The molecule has 0 radical (unpaired) electrons. The fourth-order valence-electron chi connectivity index (χ4n) is 2.96. The topological polar surface area (TPSA) is 58.2 Å². The van der Waals surface area contributed by atoms with E-state index in [9.17, 15) is 4.79 Å². The first-order valence-electron chi connectivity index (χ1n) is 8.65. The lowest BCUT2D eigenvalue weighted by Crippen LogP contribution is -2.31. The van der Waals surface area contributed by atoms with E-state index >= 15 is 0 Å². The van der Waals surface area contributed by atoms with Gasteiger partial charge in [0.1, 0.15) is 11.6 Å². The molecule has 0 saturated carbocycles. The molecule has 1 N–H and O–H groups in total. The highest BCUT2D eigenvalue weighted by atomic mass is 16.5. The molecule has 1 heterocycles. The summed E-state index contributed by atoms with van der Waals surface area (Å²) in [6.45, 7) is 4.76. The summed E-state index contributed by atoms with van der Waals surface area (Å²) < 4.78 is 5.39. The van der Waals surface area contributed by atoms with Crippen molar-refractivity contribution in [3.05, 3.63) is 72.6 Å². The van der Waals surface area contributed by atoms with E-state index in [1.54, 1.807) is 18.1 Å². The summed E-state index contributed by atoms with van der Waals surface area (Å²) in [7, 11) is 1.64. The second-order valence-electron chi connectivity index (χ2n) is 6.08. The van der Waals surface area contributed by atoms with E-state index in [-0.39, 0.29) is 5.91 Å². The molecule has 1 amide bonds. The van der Waals surface area contributed by atoms with Crippen molar-refractivity contribution in [2.24, 2.45) is 0 Å². The number of amides is 1. The number of nitrogens with zero attached hydrogens (tertiary/aromatic N) is 2. The van der Waals surface area contributed by atoms with Crippen molar-refractivity contribution in [3.8, 4) is 5.75 Å². The predicted octanol–water partition coefficient (Wildman–Crippen LogP) is 3.72. The smallest absolute Gasteiger partial charge is 0.223 e. The fourth-order valence-corrected chi connectivity index (χ4v) is 2.96. The van der Waals surface area contributed by atoms with E-state index in [2.05, 4.69) is 16.5 Å². The number of nitrogens with one attached hydrogen (secondary N) is 1. The molecular weight excluding hydrogens is 326 g/mol. The van der Waals surface area contributed by atoms with Gasteiger partial charge in [-0.05, 0) is 18.2 Å². The molecule has 5 heteroatoms. The van der Waals surface area contributed by atoms with Gasteiger partial charge in [0.05, 0.1) is 18.1 Å². The minimum absolute atomic E-state index is 0.0660. The van der Waals surface area contributed by atoms with Gasteiger partial charge in [-0.2, -0.15) is 0 Å². The Labute approximate surface area is 153 Å². The minimum Gasteiger partial charge on any atom is -0.496 e. The number of H-pyrrole nitrogens is 1. The molecule has 26 heavy (non-hydrogen) atoms. The van der Waals surface area contributed by atoms with Crippen LogP contribution in [0.25, 0.3) is 11.0 Å². The van der Waals surface area contributed by atoms with Crippen molar-refractivity contribution in [2.75, 3.05) is 13.7 Å². The SMILES string of the molecule is C=CCN(Cc1ccccc1OC)C(=O)CCc1nc2ccccc2[nH]1. The van der Waals surface area contributed by atoms with E-state index in [4.69, 9.17) is 4.74 Å². The Hall–Kier alpha value is -3.08. The third-order valence-corrected chi connectivity index (χ3v) is 4.27. The molecule has 3 rings (SSSR count). The van der Waals surface area contributed by atoms with Gasteiger partial charge in [-0.25, -0.2) is 4.98 Å². The zero-order valence-corrected chi connectivity index (χ0v) is 14.9. The van der Waals surface area contributed by atoms with Crippen molar-refractivity contribution in [3.63, 3.8) is 0 Å². The highest BCUT2D eigenvalue weighted by molar-refractivity contribution is 5.77. The van der Waals surface area contributed by atoms with Gasteiger partial charge in [0.15, 0.2) is 0 Å². The van der Waals surface area contributed by atoms with E-state index < -0.39 is 0 Å². The summed E-state index contributed by atoms with van der Waals surface area (Å²) in [6, 6.07) is 15.6. The highest BCUT2D eigenvalue weighted by Crippen LogP contribution is 2.20. The Morgan fingerprint density at radius 1 is 1.23 bits per heavy atom. The Morgan fingerprint density at radius 2 is 2.00 bits per heavy atom. The Kier molecular flexibility index (Phi) is 5.69. The third kappa shape index (κ3) is 4.11. The number of fused-ring (bicyclic) bond motifs is 1. The standard InChI is InChI=1S/C21H23N3O2/c1-3-14-24(15-16-8-4-7-11-19(16)26-2)21(25)13-12-20-22-17-9-5-6-10-18(17)23-20/h3-11H,1,12-15H2,2H3,(H,22,23). The van der Waals surface area contributed by atoms with Crippen LogP contribution in [0.5, 0.6) is 5.75 Å². The number of carbonyl (C=O) groups excluding carboxylic acids is 1. The van der Waals surface area contributed by atoms with Crippen LogP contribution in [0, 0.1) is 0 Å². The summed E-state index contributed by atoms with van der Waals surface area (Å²) in [6.07, 6.45) is 2.71. The summed E-state index contributed by atoms with van der Waals surface area (Å²) in [5.74, 6) is 1.68. The largest absolute Gasteiger partial charge is 0.496 e. The van der Waals surface area contributed by atoms with E-state index in [1.165, 1.54) is 0 Å². The average molecular weight is 349 g/mol. The van der Waals surface area contributed by atoms with Crippen molar-refractivity contribution in [1.29, 1.82) is 0 Å². The summed E-state index contributed by atoms with van der Waals surface area (Å²) in [5, 5.41) is 0. The lowest BCUT2D eigenvalue weighted by atomic mass is 10.1. The lowest BCUT2D eigenvalue weighted by Gasteiger charge is -2.22. The number of aromatic amines is 1. The molecule has 0 unspecified atom stereocenters. The van der Waals surface area contributed by atoms with Crippen LogP contribution in [0.3, 0.4) is 0 Å². The third-order valence-electron chi connectivity index (χ3n) is 4.27. The molecule has 3 aromatic rings. The molecule has 0 saturated heterocycles. The van der Waals surface area contributed by atoms with E-state index in [1.807, 2.05) is 48.5 Å². The number of rotatable bonds is 8. The van der Waals surface area contributed by atoms with Gasteiger partial charge in [0, 0.05) is 31.5 Å². The van der Waals surface area contributed by atoms with Crippen LogP contribution in [0.1, 0.15) is 17.8 Å². The molecular formula is C21H23N3O2. The maximum Gasteiger partial charge on any atom is 0.223 e. The number of benzene rings is 2. The summed E-state index contributed by atoms with van der Waals surface area (Å²) >= 11 is 0. The van der Waals surface area contributed by atoms with E-state index in [0.29, 0.717) is 25.9 Å². The number of hydrogen-bond acceptors (Lipinski definition) is 3. The first-order valence-corrected chi connectivity index (χ1v) is 8.65. The Bertz CT molecular complexity index is 868. The first-order chi connectivity index (χ1) is 12.7. The van der Waals surface area contributed by atoms with Crippen molar-refractivity contribution < 1.29 is 9.53 Å². The molecule has 1 aromatic heterocycles. The van der Waals surface area contributed by atoms with Crippen LogP contribution in [0.4, 0.5) is 0 Å². The molecule has 0 aliphatic rings. The maximum atomic E-state index is 12.7. The molecule has 0 aliphatic carbocycles. The number of para-hydroxylation sites is 3. The number of methoxy groups -OCH3 is 1. The van der Waals surface area contributed by atoms with Crippen LogP contribution >= 0.6 is 0 Å². The molecule has 0 aliphatic heterocycles. The highest BCUT2D eigenvalue weighted by Gasteiger charge is 2.15. The Balaban J connectivity index is 1.67. The van der Waals surface area contributed by atoms with Crippen molar-refractivity contribution in [2.45, 2.75) is 19.4 Å². The van der Waals surface area contributed by atoms with Crippen LogP contribution in [-0.4, -0.2) is 34.4 Å². The number of carbonyl (C=O) groups is 1.